The average Bonchev–Trinajstić information content (AvgIpc) is 3.07. The van der Waals surface area contributed by atoms with E-state index in [1.165, 1.54) is 12.1 Å². The zero-order chi connectivity index (χ0) is 14.8. The molecule has 4 aromatic rings. The number of phenols is 1. The van der Waals surface area contributed by atoms with Crippen LogP contribution in [-0.2, 0) is 0 Å². The molecule has 0 amide bonds. The van der Waals surface area contributed by atoms with E-state index in [2.05, 4.69) is 0 Å². The van der Waals surface area contributed by atoms with Crippen LogP contribution in [-0.4, -0.2) is 11.9 Å². The molecule has 1 aliphatic rings. The van der Waals surface area contributed by atoms with Crippen LogP contribution in [0.25, 0.3) is 32.9 Å². The highest BCUT2D eigenvalue weighted by Crippen LogP contribution is 2.40. The second-order valence-corrected chi connectivity index (χ2v) is 5.08. The van der Waals surface area contributed by atoms with Crippen molar-refractivity contribution in [3.8, 4) is 17.2 Å². The number of benzene rings is 2. The first-order valence-corrected chi connectivity index (χ1v) is 6.62. The highest BCUT2D eigenvalue weighted by atomic mass is 16.7. The zero-order valence-electron chi connectivity index (χ0n) is 11.1. The summed E-state index contributed by atoms with van der Waals surface area (Å²) in [7, 11) is 0. The van der Waals surface area contributed by atoms with Gasteiger partial charge in [-0.2, -0.15) is 0 Å². The number of hydrogen-bond donors (Lipinski definition) is 1. The summed E-state index contributed by atoms with van der Waals surface area (Å²) in [6.45, 7) is 0.149. The summed E-state index contributed by atoms with van der Waals surface area (Å²) in [4.78, 5) is 12.3. The first-order chi connectivity index (χ1) is 10.7. The maximum atomic E-state index is 12.3. The molecule has 0 fully saturated rings. The van der Waals surface area contributed by atoms with E-state index in [4.69, 9.17) is 18.3 Å². The van der Waals surface area contributed by atoms with E-state index in [0.717, 1.165) is 0 Å². The number of ether oxygens (including phenoxy) is 2. The summed E-state index contributed by atoms with van der Waals surface area (Å²) in [5, 5.41) is 11.1. The monoisotopic (exact) mass is 296 g/mol. The molecule has 1 aliphatic heterocycles. The highest BCUT2D eigenvalue weighted by molar-refractivity contribution is 6.13. The molecule has 2 aromatic carbocycles. The molecule has 0 unspecified atom stereocenters. The Labute approximate surface area is 122 Å². The van der Waals surface area contributed by atoms with Crippen molar-refractivity contribution in [2.45, 2.75) is 0 Å². The Bertz CT molecular complexity index is 1130. The standard InChI is InChI=1S/C16H8O6/c17-7-1-2-8-10(3-7)22-16(18)14-9-4-12-13(20-6-19-12)5-11(9)21-15(8)14/h1-5,17H,6H2. The van der Waals surface area contributed by atoms with Gasteiger partial charge in [0.2, 0.25) is 6.79 Å². The molecule has 0 saturated heterocycles. The molecule has 5 rings (SSSR count). The van der Waals surface area contributed by atoms with Crippen LogP contribution in [0.15, 0.2) is 44.0 Å². The van der Waals surface area contributed by atoms with Crippen molar-refractivity contribution in [2.24, 2.45) is 0 Å². The Morgan fingerprint density at radius 3 is 2.55 bits per heavy atom. The molecular weight excluding hydrogens is 288 g/mol. The van der Waals surface area contributed by atoms with Crippen LogP contribution in [0, 0.1) is 0 Å². The number of aromatic hydroxyl groups is 1. The molecule has 6 heteroatoms. The molecule has 0 radical (unpaired) electrons. The molecule has 6 nitrogen and oxygen atoms in total. The van der Waals surface area contributed by atoms with Gasteiger partial charge in [-0.05, 0) is 18.2 Å². The molecule has 108 valence electrons. The van der Waals surface area contributed by atoms with Gasteiger partial charge in [-0.15, -0.1) is 0 Å². The van der Waals surface area contributed by atoms with E-state index in [0.29, 0.717) is 38.8 Å². The lowest BCUT2D eigenvalue weighted by Gasteiger charge is -1.98. The summed E-state index contributed by atoms with van der Waals surface area (Å²) in [6, 6.07) is 7.96. The Morgan fingerprint density at radius 1 is 0.909 bits per heavy atom. The summed E-state index contributed by atoms with van der Waals surface area (Å²) < 4.78 is 21.8. The van der Waals surface area contributed by atoms with Crippen LogP contribution < -0.4 is 15.1 Å². The molecule has 22 heavy (non-hydrogen) atoms. The molecule has 0 bridgehead atoms. The van der Waals surface area contributed by atoms with Crippen molar-refractivity contribution in [3.05, 3.63) is 40.8 Å². The second kappa shape index (κ2) is 3.73. The second-order valence-electron chi connectivity index (χ2n) is 5.08. The maximum absolute atomic E-state index is 12.3. The lowest BCUT2D eigenvalue weighted by molar-refractivity contribution is 0.174. The van der Waals surface area contributed by atoms with E-state index in [1.807, 2.05) is 0 Å². The van der Waals surface area contributed by atoms with Gasteiger partial charge in [0.25, 0.3) is 0 Å². The third kappa shape index (κ3) is 1.36. The minimum absolute atomic E-state index is 0.0203. The average molecular weight is 296 g/mol. The smallest absolute Gasteiger partial charge is 0.348 e. The quantitative estimate of drug-likeness (QED) is 0.502. The van der Waals surface area contributed by atoms with Crippen molar-refractivity contribution < 1.29 is 23.4 Å². The van der Waals surface area contributed by atoms with E-state index in [1.54, 1.807) is 18.2 Å². The number of furan rings is 1. The summed E-state index contributed by atoms with van der Waals surface area (Å²) in [6.07, 6.45) is 0. The number of fused-ring (bicyclic) bond motifs is 6. The molecule has 0 aliphatic carbocycles. The largest absolute Gasteiger partial charge is 0.508 e. The van der Waals surface area contributed by atoms with E-state index in [9.17, 15) is 9.90 Å². The van der Waals surface area contributed by atoms with Gasteiger partial charge >= 0.3 is 5.63 Å². The normalized spacial score (nSPS) is 13.5. The van der Waals surface area contributed by atoms with Gasteiger partial charge in [0, 0.05) is 17.5 Å². The number of rotatable bonds is 0. The van der Waals surface area contributed by atoms with E-state index < -0.39 is 5.63 Å². The molecule has 3 heterocycles. The topological polar surface area (TPSA) is 82.0 Å². The molecule has 0 atom stereocenters. The minimum Gasteiger partial charge on any atom is -0.508 e. The third-order valence-corrected chi connectivity index (χ3v) is 3.80. The van der Waals surface area contributed by atoms with Gasteiger partial charge in [0.1, 0.15) is 22.3 Å². The maximum Gasteiger partial charge on any atom is 0.348 e. The van der Waals surface area contributed by atoms with E-state index >= 15 is 0 Å². The molecular formula is C16H8O6. The van der Waals surface area contributed by atoms with Crippen LogP contribution in [0.3, 0.4) is 0 Å². The Balaban J connectivity index is 2.02. The van der Waals surface area contributed by atoms with Crippen LogP contribution in [0.1, 0.15) is 0 Å². The van der Waals surface area contributed by atoms with Gasteiger partial charge in [-0.3, -0.25) is 0 Å². The van der Waals surface area contributed by atoms with Crippen molar-refractivity contribution in [3.63, 3.8) is 0 Å². The van der Waals surface area contributed by atoms with Gasteiger partial charge in [-0.25, -0.2) is 4.79 Å². The minimum atomic E-state index is -0.522. The van der Waals surface area contributed by atoms with Crippen molar-refractivity contribution in [1.82, 2.24) is 0 Å². The van der Waals surface area contributed by atoms with Crippen LogP contribution in [0.4, 0.5) is 0 Å². The Morgan fingerprint density at radius 2 is 1.68 bits per heavy atom. The number of phenolic OH excluding ortho intramolecular Hbond substituents is 1. The van der Waals surface area contributed by atoms with E-state index in [-0.39, 0.29) is 18.1 Å². The summed E-state index contributed by atoms with van der Waals surface area (Å²) in [5.41, 5.74) is 0.694. The van der Waals surface area contributed by atoms with Gasteiger partial charge < -0.3 is 23.4 Å². The van der Waals surface area contributed by atoms with Gasteiger partial charge in [0.15, 0.2) is 17.1 Å². The predicted molar refractivity (Wildman–Crippen MR) is 77.5 cm³/mol. The SMILES string of the molecule is O=c1oc2cc(O)ccc2c2oc3cc4c(cc3c12)OCO4. The molecule has 1 N–H and O–H groups in total. The fourth-order valence-corrected chi connectivity index (χ4v) is 2.81. The lowest BCUT2D eigenvalue weighted by Crippen LogP contribution is -1.98. The fourth-order valence-electron chi connectivity index (χ4n) is 2.81. The van der Waals surface area contributed by atoms with Gasteiger partial charge in [-0.1, -0.05) is 0 Å². The van der Waals surface area contributed by atoms with Crippen LogP contribution >= 0.6 is 0 Å². The predicted octanol–water partition coefficient (Wildman–Crippen LogP) is 3.13. The van der Waals surface area contributed by atoms with Crippen molar-refractivity contribution >= 4 is 32.9 Å². The summed E-state index contributed by atoms with van der Waals surface area (Å²) >= 11 is 0. The summed E-state index contributed by atoms with van der Waals surface area (Å²) in [5.74, 6) is 1.17. The first kappa shape index (κ1) is 11.5. The van der Waals surface area contributed by atoms with Crippen LogP contribution in [0.2, 0.25) is 0 Å². The highest BCUT2D eigenvalue weighted by Gasteiger charge is 2.21. The lowest BCUT2D eigenvalue weighted by atomic mass is 10.1. The number of hydrogen-bond acceptors (Lipinski definition) is 6. The molecule has 2 aromatic heterocycles. The zero-order valence-corrected chi connectivity index (χ0v) is 11.1. The first-order valence-electron chi connectivity index (χ1n) is 6.62. The van der Waals surface area contributed by atoms with Crippen molar-refractivity contribution in [1.29, 1.82) is 0 Å². The third-order valence-electron chi connectivity index (χ3n) is 3.80. The fraction of sp³-hybridized carbons (Fsp3) is 0.0625. The van der Waals surface area contributed by atoms with Crippen molar-refractivity contribution in [2.75, 3.05) is 6.79 Å². The van der Waals surface area contributed by atoms with Crippen LogP contribution in [0.5, 0.6) is 17.2 Å². The Hall–Kier alpha value is -3.15. The molecule has 0 saturated carbocycles. The van der Waals surface area contributed by atoms with Gasteiger partial charge in [0.05, 0.1) is 5.39 Å². The Kier molecular flexibility index (Phi) is 1.95. The molecule has 0 spiro atoms.